The second-order valence-electron chi connectivity index (χ2n) is 4.93. The average Bonchev–Trinajstić information content (AvgIpc) is 2.49. The third-order valence-corrected chi connectivity index (χ3v) is 3.19. The van der Waals surface area contributed by atoms with Gasteiger partial charge in [-0.3, -0.25) is 4.98 Å². The van der Waals surface area contributed by atoms with E-state index in [-0.39, 0.29) is 0 Å². The third kappa shape index (κ3) is 3.68. The van der Waals surface area contributed by atoms with Crippen molar-refractivity contribution < 1.29 is 4.74 Å². The van der Waals surface area contributed by atoms with Gasteiger partial charge >= 0.3 is 0 Å². The number of nitrogens with zero attached hydrogens (tertiary/aromatic N) is 3. The fourth-order valence-electron chi connectivity index (χ4n) is 2.01. The molecule has 2 aromatic heterocycles. The predicted octanol–water partition coefficient (Wildman–Crippen LogP) is 3.67. The first kappa shape index (κ1) is 15.2. The summed E-state index contributed by atoms with van der Waals surface area (Å²) in [6, 6.07) is 3.89. The Morgan fingerprint density at radius 3 is 2.67 bits per heavy atom. The summed E-state index contributed by atoms with van der Waals surface area (Å²) < 4.78 is 5.95. The largest absolute Gasteiger partial charge is 0.437 e. The summed E-state index contributed by atoms with van der Waals surface area (Å²) in [6.45, 7) is 9.00. The summed E-state index contributed by atoms with van der Waals surface area (Å²) >= 11 is 0. The molecule has 0 aliphatic carbocycles. The minimum atomic E-state index is 0.573. The fraction of sp³-hybridized carbons (Fsp3) is 0.438. The highest BCUT2D eigenvalue weighted by Gasteiger charge is 2.11. The number of nitrogens with one attached hydrogen (secondary N) is 1. The standard InChI is InChI=1S/C16H22N4O/c1-5-9-17-15-12(4)16(19-10-18-15)21-14-8-7-11(3)20-13(14)6-2/h7-8,10H,5-6,9H2,1-4H3,(H,17,18,19). The highest BCUT2D eigenvalue weighted by atomic mass is 16.5. The van der Waals surface area contributed by atoms with Crippen molar-refractivity contribution in [3.05, 3.63) is 35.4 Å². The van der Waals surface area contributed by atoms with Crippen LogP contribution in [0.3, 0.4) is 0 Å². The van der Waals surface area contributed by atoms with E-state index in [2.05, 4.69) is 34.1 Å². The smallest absolute Gasteiger partial charge is 0.227 e. The molecule has 0 aliphatic heterocycles. The summed E-state index contributed by atoms with van der Waals surface area (Å²) in [5, 5.41) is 3.28. The van der Waals surface area contributed by atoms with E-state index in [0.29, 0.717) is 5.88 Å². The summed E-state index contributed by atoms with van der Waals surface area (Å²) in [4.78, 5) is 13.0. The SMILES string of the molecule is CCCNc1ncnc(Oc2ccc(C)nc2CC)c1C. The summed E-state index contributed by atoms with van der Waals surface area (Å²) in [6.07, 6.45) is 3.39. The van der Waals surface area contributed by atoms with Crippen molar-refractivity contribution in [2.24, 2.45) is 0 Å². The zero-order valence-electron chi connectivity index (χ0n) is 13.1. The number of ether oxygens (including phenoxy) is 1. The molecule has 0 saturated heterocycles. The first-order valence-electron chi connectivity index (χ1n) is 7.35. The molecule has 0 atom stereocenters. The van der Waals surface area contributed by atoms with Gasteiger partial charge in [-0.1, -0.05) is 13.8 Å². The lowest BCUT2D eigenvalue weighted by Crippen LogP contribution is -2.06. The van der Waals surface area contributed by atoms with Crippen LogP contribution >= 0.6 is 0 Å². The van der Waals surface area contributed by atoms with Crippen molar-refractivity contribution in [3.8, 4) is 11.6 Å². The van der Waals surface area contributed by atoms with Crippen molar-refractivity contribution in [1.82, 2.24) is 15.0 Å². The highest BCUT2D eigenvalue weighted by molar-refractivity contribution is 5.49. The van der Waals surface area contributed by atoms with Crippen LogP contribution in [0.5, 0.6) is 11.6 Å². The number of anilines is 1. The first-order valence-corrected chi connectivity index (χ1v) is 7.35. The summed E-state index contributed by atoms with van der Waals surface area (Å²) in [5.41, 5.74) is 2.84. The van der Waals surface area contributed by atoms with Crippen LogP contribution in [0.1, 0.15) is 37.2 Å². The van der Waals surface area contributed by atoms with E-state index >= 15 is 0 Å². The zero-order chi connectivity index (χ0) is 15.2. The van der Waals surface area contributed by atoms with Crippen LogP contribution in [0.25, 0.3) is 0 Å². The van der Waals surface area contributed by atoms with Gasteiger partial charge < -0.3 is 10.1 Å². The molecule has 0 amide bonds. The Hall–Kier alpha value is -2.17. The Morgan fingerprint density at radius 1 is 1.14 bits per heavy atom. The molecule has 2 aromatic rings. The van der Waals surface area contributed by atoms with Gasteiger partial charge in [-0.25, -0.2) is 9.97 Å². The van der Waals surface area contributed by atoms with Gasteiger partial charge in [-0.05, 0) is 38.8 Å². The molecule has 0 radical (unpaired) electrons. The lowest BCUT2D eigenvalue weighted by Gasteiger charge is -2.13. The molecule has 0 bridgehead atoms. The number of aromatic nitrogens is 3. The van der Waals surface area contributed by atoms with Crippen LogP contribution in [0.2, 0.25) is 0 Å². The molecule has 0 aliphatic rings. The number of pyridine rings is 1. The van der Waals surface area contributed by atoms with Gasteiger partial charge in [0.05, 0.1) is 11.3 Å². The Labute approximate surface area is 125 Å². The molecule has 0 saturated carbocycles. The molecule has 112 valence electrons. The molecule has 1 N–H and O–H groups in total. The van der Waals surface area contributed by atoms with Gasteiger partial charge in [0.2, 0.25) is 5.88 Å². The van der Waals surface area contributed by atoms with E-state index in [1.807, 2.05) is 26.0 Å². The van der Waals surface area contributed by atoms with Crippen LogP contribution in [-0.2, 0) is 6.42 Å². The molecule has 0 aromatic carbocycles. The van der Waals surface area contributed by atoms with Crippen molar-refractivity contribution in [1.29, 1.82) is 0 Å². The second kappa shape index (κ2) is 7.02. The number of aryl methyl sites for hydroxylation is 2. The van der Waals surface area contributed by atoms with Gasteiger partial charge in [0, 0.05) is 12.2 Å². The molecular formula is C16H22N4O. The number of hydrogen-bond acceptors (Lipinski definition) is 5. The van der Waals surface area contributed by atoms with Crippen molar-refractivity contribution in [2.75, 3.05) is 11.9 Å². The Kier molecular flexibility index (Phi) is 5.09. The predicted molar refractivity (Wildman–Crippen MR) is 84.0 cm³/mol. The van der Waals surface area contributed by atoms with Crippen LogP contribution in [0.4, 0.5) is 5.82 Å². The molecule has 0 unspecified atom stereocenters. The van der Waals surface area contributed by atoms with Gasteiger partial charge in [0.25, 0.3) is 0 Å². The fourth-order valence-corrected chi connectivity index (χ4v) is 2.01. The van der Waals surface area contributed by atoms with Crippen LogP contribution in [0.15, 0.2) is 18.5 Å². The van der Waals surface area contributed by atoms with Crippen LogP contribution < -0.4 is 10.1 Å². The van der Waals surface area contributed by atoms with Gasteiger partial charge in [-0.15, -0.1) is 0 Å². The maximum atomic E-state index is 5.95. The van der Waals surface area contributed by atoms with Gasteiger partial charge in [0.1, 0.15) is 12.1 Å². The maximum Gasteiger partial charge on any atom is 0.227 e. The van der Waals surface area contributed by atoms with Crippen LogP contribution in [-0.4, -0.2) is 21.5 Å². The van der Waals surface area contributed by atoms with E-state index in [1.165, 1.54) is 6.33 Å². The quantitative estimate of drug-likeness (QED) is 0.878. The van der Waals surface area contributed by atoms with E-state index in [4.69, 9.17) is 4.74 Å². The summed E-state index contributed by atoms with van der Waals surface area (Å²) in [7, 11) is 0. The topological polar surface area (TPSA) is 59.9 Å². The van der Waals surface area contributed by atoms with Crippen molar-refractivity contribution in [3.63, 3.8) is 0 Å². The molecule has 2 heterocycles. The molecule has 0 spiro atoms. The average molecular weight is 286 g/mol. The normalized spacial score (nSPS) is 10.5. The Bertz CT molecular complexity index is 613. The Balaban J connectivity index is 2.27. The van der Waals surface area contributed by atoms with Crippen LogP contribution in [0, 0.1) is 13.8 Å². The van der Waals surface area contributed by atoms with Crippen molar-refractivity contribution >= 4 is 5.82 Å². The van der Waals surface area contributed by atoms with Gasteiger partial charge in [-0.2, -0.15) is 0 Å². The monoisotopic (exact) mass is 286 g/mol. The number of rotatable bonds is 6. The summed E-state index contributed by atoms with van der Waals surface area (Å²) in [5.74, 6) is 2.15. The number of hydrogen-bond donors (Lipinski definition) is 1. The second-order valence-corrected chi connectivity index (χ2v) is 4.93. The first-order chi connectivity index (χ1) is 10.2. The molecule has 0 fully saturated rings. The minimum absolute atomic E-state index is 0.573. The van der Waals surface area contributed by atoms with E-state index in [1.54, 1.807) is 0 Å². The van der Waals surface area contributed by atoms with E-state index in [0.717, 1.165) is 47.9 Å². The lowest BCUT2D eigenvalue weighted by molar-refractivity contribution is 0.449. The molecule has 5 heteroatoms. The van der Waals surface area contributed by atoms with Gasteiger partial charge in [0.15, 0.2) is 5.75 Å². The maximum absolute atomic E-state index is 5.95. The molecule has 21 heavy (non-hydrogen) atoms. The van der Waals surface area contributed by atoms with E-state index < -0.39 is 0 Å². The zero-order valence-corrected chi connectivity index (χ0v) is 13.1. The minimum Gasteiger partial charge on any atom is -0.437 e. The molecule has 2 rings (SSSR count). The van der Waals surface area contributed by atoms with E-state index in [9.17, 15) is 0 Å². The highest BCUT2D eigenvalue weighted by Crippen LogP contribution is 2.28. The molecule has 5 nitrogen and oxygen atoms in total. The third-order valence-electron chi connectivity index (χ3n) is 3.19. The Morgan fingerprint density at radius 2 is 1.95 bits per heavy atom. The lowest BCUT2D eigenvalue weighted by atomic mass is 10.2. The van der Waals surface area contributed by atoms with Crippen molar-refractivity contribution in [2.45, 2.75) is 40.5 Å². The molecular weight excluding hydrogens is 264 g/mol.